The van der Waals surface area contributed by atoms with E-state index in [4.69, 9.17) is 14.7 Å². The van der Waals surface area contributed by atoms with E-state index in [0.717, 1.165) is 69.9 Å². The molecule has 0 amide bonds. The highest BCUT2D eigenvalue weighted by atomic mass is 16.5. The molecule has 8 nitrogen and oxygen atoms in total. The van der Waals surface area contributed by atoms with E-state index in [1.807, 2.05) is 6.07 Å². The van der Waals surface area contributed by atoms with Crippen LogP contribution in [-0.2, 0) is 6.54 Å². The number of benzene rings is 3. The molecule has 202 valence electrons. The number of nitrogens with zero attached hydrogens (tertiary/aromatic N) is 5. The highest BCUT2D eigenvalue weighted by molar-refractivity contribution is 5.92. The number of ether oxygens (including phenoxy) is 1. The second-order valence-electron chi connectivity index (χ2n) is 10.4. The maximum atomic E-state index is 10.5. The van der Waals surface area contributed by atoms with Crippen molar-refractivity contribution in [2.75, 3.05) is 61.5 Å². The second kappa shape index (κ2) is 11.4. The molecule has 3 aromatic carbocycles. The van der Waals surface area contributed by atoms with E-state index >= 15 is 0 Å². The van der Waals surface area contributed by atoms with Crippen LogP contribution < -0.4 is 19.9 Å². The predicted octanol–water partition coefficient (Wildman–Crippen LogP) is 4.75. The number of hydrogen-bond acceptors (Lipinski definition) is 8. The number of para-hydroxylation sites is 1. The monoisotopic (exact) mass is 524 g/mol. The molecule has 0 spiro atoms. The summed E-state index contributed by atoms with van der Waals surface area (Å²) in [5, 5.41) is 15.1. The van der Waals surface area contributed by atoms with Crippen molar-refractivity contribution in [3.8, 4) is 11.5 Å². The van der Waals surface area contributed by atoms with Crippen LogP contribution in [0.5, 0.6) is 11.5 Å². The van der Waals surface area contributed by atoms with E-state index < -0.39 is 0 Å². The van der Waals surface area contributed by atoms with Crippen LogP contribution in [-0.4, -0.2) is 72.4 Å². The molecule has 3 heterocycles. The smallest absolute Gasteiger partial charge is 0.228 e. The average Bonchev–Trinajstić information content (AvgIpc) is 2.99. The molecule has 0 saturated carbocycles. The standard InChI is InChI=1S/C31H36N6O2/c1-39-29-20-26-27(21-28(29)38)33-31(37-18-16-36(17-19-37)25-10-6-3-7-11-25)34-30(26)32-24-12-14-35(15-13-24)22-23-8-4-2-5-9-23/h2-11,20-21,24,38H,12-19,22H2,1H3,(H,32,33,34). The van der Waals surface area contributed by atoms with Crippen molar-refractivity contribution < 1.29 is 9.84 Å². The number of phenols is 1. The van der Waals surface area contributed by atoms with Gasteiger partial charge in [0.2, 0.25) is 5.95 Å². The molecule has 4 aromatic rings. The maximum absolute atomic E-state index is 10.5. The summed E-state index contributed by atoms with van der Waals surface area (Å²) in [5.41, 5.74) is 3.32. The van der Waals surface area contributed by atoms with Gasteiger partial charge in [0, 0.05) is 69.0 Å². The third kappa shape index (κ3) is 5.71. The number of hydrogen-bond donors (Lipinski definition) is 2. The molecule has 39 heavy (non-hydrogen) atoms. The molecule has 2 aliphatic rings. The van der Waals surface area contributed by atoms with Crippen molar-refractivity contribution in [1.82, 2.24) is 14.9 Å². The lowest BCUT2D eigenvalue weighted by atomic mass is 10.0. The molecule has 2 N–H and O–H groups in total. The second-order valence-corrected chi connectivity index (χ2v) is 10.4. The van der Waals surface area contributed by atoms with Crippen molar-refractivity contribution in [2.24, 2.45) is 0 Å². The van der Waals surface area contributed by atoms with Crippen molar-refractivity contribution >= 4 is 28.4 Å². The number of piperazine rings is 1. The topological polar surface area (TPSA) is 77.0 Å². The van der Waals surface area contributed by atoms with Gasteiger partial charge in [-0.2, -0.15) is 4.98 Å². The van der Waals surface area contributed by atoms with Crippen LogP contribution in [0.2, 0.25) is 0 Å². The summed E-state index contributed by atoms with van der Waals surface area (Å²) in [7, 11) is 1.57. The number of fused-ring (bicyclic) bond motifs is 1. The first-order valence-corrected chi connectivity index (χ1v) is 13.8. The highest BCUT2D eigenvalue weighted by Gasteiger charge is 2.24. The molecule has 1 aromatic heterocycles. The Kier molecular flexibility index (Phi) is 7.36. The number of aromatic hydroxyl groups is 1. The zero-order chi connectivity index (χ0) is 26.6. The van der Waals surface area contributed by atoms with Crippen LogP contribution in [0, 0.1) is 0 Å². The van der Waals surface area contributed by atoms with Gasteiger partial charge in [-0.25, -0.2) is 4.98 Å². The van der Waals surface area contributed by atoms with Crippen LogP contribution in [0.4, 0.5) is 17.5 Å². The van der Waals surface area contributed by atoms with E-state index in [2.05, 4.69) is 80.7 Å². The molecular weight excluding hydrogens is 488 g/mol. The fourth-order valence-electron chi connectivity index (χ4n) is 5.62. The first-order valence-electron chi connectivity index (χ1n) is 13.8. The van der Waals surface area contributed by atoms with Gasteiger partial charge < -0.3 is 25.0 Å². The first kappa shape index (κ1) is 25.2. The zero-order valence-electron chi connectivity index (χ0n) is 22.5. The fourth-order valence-corrected chi connectivity index (χ4v) is 5.62. The summed E-state index contributed by atoms with van der Waals surface area (Å²) in [5.74, 6) is 2.02. The lowest BCUT2D eigenvalue weighted by Crippen LogP contribution is -2.47. The van der Waals surface area contributed by atoms with Crippen LogP contribution in [0.25, 0.3) is 10.9 Å². The van der Waals surface area contributed by atoms with Crippen LogP contribution >= 0.6 is 0 Å². The van der Waals surface area contributed by atoms with Crippen molar-refractivity contribution in [2.45, 2.75) is 25.4 Å². The number of aromatic nitrogens is 2. The molecule has 8 heteroatoms. The van der Waals surface area contributed by atoms with Gasteiger partial charge in [0.15, 0.2) is 11.5 Å². The summed E-state index contributed by atoms with van der Waals surface area (Å²) in [6.45, 7) is 6.53. The number of rotatable bonds is 7. The SMILES string of the molecule is COc1cc2c(NC3CCN(Cc4ccccc4)CC3)nc(N3CCN(c4ccccc4)CC3)nc2cc1O. The Morgan fingerprint density at radius 1 is 0.846 bits per heavy atom. The molecule has 0 unspecified atom stereocenters. The Labute approximate surface area is 229 Å². The molecule has 2 aliphatic heterocycles. The summed E-state index contributed by atoms with van der Waals surface area (Å²) in [4.78, 5) is 17.1. The minimum atomic E-state index is 0.0868. The minimum Gasteiger partial charge on any atom is -0.504 e. The van der Waals surface area contributed by atoms with Gasteiger partial charge in [-0.05, 0) is 36.6 Å². The van der Waals surface area contributed by atoms with Gasteiger partial charge in [0.1, 0.15) is 5.82 Å². The number of piperidine rings is 1. The fraction of sp³-hybridized carbons (Fsp3) is 0.355. The van der Waals surface area contributed by atoms with Gasteiger partial charge in [-0.15, -0.1) is 0 Å². The van der Waals surface area contributed by atoms with Crippen LogP contribution in [0.1, 0.15) is 18.4 Å². The number of phenolic OH excluding ortho intramolecular Hbond substituents is 1. The third-order valence-electron chi connectivity index (χ3n) is 7.85. The largest absolute Gasteiger partial charge is 0.504 e. The molecule has 0 atom stereocenters. The van der Waals surface area contributed by atoms with Gasteiger partial charge in [-0.1, -0.05) is 48.5 Å². The van der Waals surface area contributed by atoms with E-state index in [0.29, 0.717) is 23.3 Å². The van der Waals surface area contributed by atoms with E-state index in [9.17, 15) is 5.11 Å². The molecule has 6 rings (SSSR count). The lowest BCUT2D eigenvalue weighted by Gasteiger charge is -2.36. The Morgan fingerprint density at radius 3 is 2.21 bits per heavy atom. The Bertz CT molecular complexity index is 1380. The van der Waals surface area contributed by atoms with Crippen molar-refractivity contribution in [3.05, 3.63) is 78.4 Å². The van der Waals surface area contributed by atoms with Crippen LogP contribution in [0.15, 0.2) is 72.8 Å². The summed E-state index contributed by atoms with van der Waals surface area (Å²) >= 11 is 0. The number of methoxy groups -OCH3 is 1. The predicted molar refractivity (Wildman–Crippen MR) is 157 cm³/mol. The number of nitrogens with one attached hydrogen (secondary N) is 1. The highest BCUT2D eigenvalue weighted by Crippen LogP contribution is 2.35. The van der Waals surface area contributed by atoms with Gasteiger partial charge >= 0.3 is 0 Å². The molecule has 0 bridgehead atoms. The molecular formula is C31H36N6O2. The molecule has 2 fully saturated rings. The van der Waals surface area contributed by atoms with Gasteiger partial charge in [0.25, 0.3) is 0 Å². The number of likely N-dealkylation sites (tertiary alicyclic amines) is 1. The van der Waals surface area contributed by atoms with Gasteiger partial charge in [-0.3, -0.25) is 4.90 Å². The number of anilines is 3. The molecule has 0 aliphatic carbocycles. The lowest BCUT2D eigenvalue weighted by molar-refractivity contribution is 0.211. The Balaban J connectivity index is 1.20. The molecule has 2 saturated heterocycles. The minimum absolute atomic E-state index is 0.0868. The zero-order valence-corrected chi connectivity index (χ0v) is 22.5. The van der Waals surface area contributed by atoms with E-state index in [-0.39, 0.29) is 5.75 Å². The van der Waals surface area contributed by atoms with E-state index in [1.165, 1.54) is 11.3 Å². The first-order chi connectivity index (χ1) is 19.2. The molecule has 0 radical (unpaired) electrons. The third-order valence-corrected chi connectivity index (χ3v) is 7.85. The van der Waals surface area contributed by atoms with Crippen molar-refractivity contribution in [3.63, 3.8) is 0 Å². The quantitative estimate of drug-likeness (QED) is 0.359. The summed E-state index contributed by atoms with van der Waals surface area (Å²) < 4.78 is 5.41. The average molecular weight is 525 g/mol. The van der Waals surface area contributed by atoms with Crippen LogP contribution in [0.3, 0.4) is 0 Å². The normalized spacial score (nSPS) is 16.9. The Hall–Kier alpha value is -4.04. The maximum Gasteiger partial charge on any atom is 0.228 e. The summed E-state index contributed by atoms with van der Waals surface area (Å²) in [6.07, 6.45) is 2.08. The Morgan fingerprint density at radius 2 is 1.51 bits per heavy atom. The summed E-state index contributed by atoms with van der Waals surface area (Å²) in [6, 6.07) is 25.0. The van der Waals surface area contributed by atoms with Crippen molar-refractivity contribution in [1.29, 1.82) is 0 Å². The van der Waals surface area contributed by atoms with E-state index in [1.54, 1.807) is 13.2 Å². The van der Waals surface area contributed by atoms with Gasteiger partial charge in [0.05, 0.1) is 12.6 Å².